The predicted octanol–water partition coefficient (Wildman–Crippen LogP) is 4.30. The van der Waals surface area contributed by atoms with Crippen LogP contribution >= 0.6 is 0 Å². The van der Waals surface area contributed by atoms with Crippen molar-refractivity contribution >= 4 is 9.84 Å². The summed E-state index contributed by atoms with van der Waals surface area (Å²) in [6, 6.07) is 0. The van der Waals surface area contributed by atoms with E-state index < -0.39 is 9.84 Å². The number of sulfone groups is 1. The van der Waals surface area contributed by atoms with E-state index in [2.05, 4.69) is 26.7 Å². The second-order valence-corrected chi connectivity index (χ2v) is 7.58. The summed E-state index contributed by atoms with van der Waals surface area (Å²) in [6.45, 7) is 21.0. The monoisotopic (exact) mass is 305 g/mol. The molecule has 0 heterocycles. The van der Waals surface area contributed by atoms with Crippen molar-refractivity contribution in [1.82, 2.24) is 4.90 Å². The molecule has 0 N–H and O–H groups in total. The Balaban J connectivity index is -0.0000000862. The van der Waals surface area contributed by atoms with Gasteiger partial charge in [0.15, 0.2) is 0 Å². The summed E-state index contributed by atoms with van der Waals surface area (Å²) >= 11 is 0. The van der Waals surface area contributed by atoms with Gasteiger partial charge in [0.1, 0.15) is 9.84 Å². The van der Waals surface area contributed by atoms with Gasteiger partial charge in [-0.15, -0.1) is 13.2 Å². The third-order valence-electron chi connectivity index (χ3n) is 1.37. The second-order valence-electron chi connectivity index (χ2n) is 5.29. The van der Waals surface area contributed by atoms with Crippen LogP contribution in [-0.4, -0.2) is 39.9 Å². The fourth-order valence-electron chi connectivity index (χ4n) is 0. The number of allylic oxidation sites excluding steroid dienone is 3. The van der Waals surface area contributed by atoms with Crippen LogP contribution in [-0.2, 0) is 9.84 Å². The maximum Gasteiger partial charge on any atom is 0.144 e. The van der Waals surface area contributed by atoms with Crippen LogP contribution in [0, 0.1) is 0 Å². The first-order valence-corrected chi connectivity index (χ1v) is 8.69. The molecule has 0 aliphatic rings. The molecule has 0 rings (SSSR count). The molecule has 0 amide bonds. The summed E-state index contributed by atoms with van der Waals surface area (Å²) in [7, 11) is 1.28. The quantitative estimate of drug-likeness (QED) is 0.714. The maximum atomic E-state index is 9.63. The molecule has 0 radical (unpaired) electrons. The van der Waals surface area contributed by atoms with Crippen molar-refractivity contribution in [2.24, 2.45) is 0 Å². The minimum absolute atomic E-state index is 1.09. The van der Waals surface area contributed by atoms with E-state index in [0.29, 0.717) is 0 Å². The average Bonchev–Trinajstić information content (AvgIpc) is 2.14. The van der Waals surface area contributed by atoms with E-state index in [-0.39, 0.29) is 0 Å². The molecular weight excluding hydrogens is 270 g/mol. The fourth-order valence-corrected chi connectivity index (χ4v) is 0. The maximum absolute atomic E-state index is 9.63. The number of hydrogen-bond donors (Lipinski definition) is 0. The summed E-state index contributed by atoms with van der Waals surface area (Å²) in [5, 5.41) is 0. The van der Waals surface area contributed by atoms with Gasteiger partial charge in [-0.25, -0.2) is 8.42 Å². The minimum atomic E-state index is -2.67. The van der Waals surface area contributed by atoms with Crippen LogP contribution in [0.25, 0.3) is 0 Å². The Morgan fingerprint density at radius 3 is 1.05 bits per heavy atom. The van der Waals surface area contributed by atoms with Crippen molar-refractivity contribution in [3.8, 4) is 0 Å². The Morgan fingerprint density at radius 1 is 0.950 bits per heavy atom. The van der Waals surface area contributed by atoms with Gasteiger partial charge in [0.25, 0.3) is 0 Å². The Hall–Kier alpha value is -1.03. The molecule has 0 fully saturated rings. The molecule has 0 saturated carbocycles. The van der Waals surface area contributed by atoms with E-state index in [1.165, 1.54) is 11.1 Å². The Morgan fingerprint density at radius 2 is 1.05 bits per heavy atom. The standard InChI is InChI=1S/C5H11N.C5H10.C4H8.C2H6O2S/c1-5(2)6(3)4;1-4-5(2)3;1-4(2)3;1-5(2,3)4/h1H2,2-4H3;2,4H2,1,3H3;1H2,2-3H3;1-2H3. The van der Waals surface area contributed by atoms with Crippen molar-refractivity contribution in [2.45, 2.75) is 41.0 Å². The van der Waals surface area contributed by atoms with Gasteiger partial charge in [0.2, 0.25) is 0 Å². The summed E-state index contributed by atoms with van der Waals surface area (Å²) in [5.41, 5.74) is 3.51. The van der Waals surface area contributed by atoms with Gasteiger partial charge < -0.3 is 4.90 Å². The van der Waals surface area contributed by atoms with Gasteiger partial charge >= 0.3 is 0 Å². The Kier molecular flexibility index (Phi) is 21.9. The zero-order valence-corrected chi connectivity index (χ0v) is 15.8. The van der Waals surface area contributed by atoms with Gasteiger partial charge in [-0.3, -0.25) is 0 Å². The third-order valence-corrected chi connectivity index (χ3v) is 1.37. The summed E-state index contributed by atoms with van der Waals surface area (Å²) in [6.07, 6.45) is 3.43. The van der Waals surface area contributed by atoms with Crippen LogP contribution in [0.4, 0.5) is 0 Å². The van der Waals surface area contributed by atoms with Crippen molar-refractivity contribution in [3.05, 3.63) is 36.6 Å². The van der Waals surface area contributed by atoms with Gasteiger partial charge in [0.05, 0.1) is 0 Å². The molecule has 0 aromatic heterocycles. The molecule has 122 valence electrons. The molecule has 0 aromatic rings. The van der Waals surface area contributed by atoms with Crippen LogP contribution in [0.15, 0.2) is 36.6 Å². The lowest BCUT2D eigenvalue weighted by Crippen LogP contribution is -2.05. The van der Waals surface area contributed by atoms with E-state index in [4.69, 9.17) is 0 Å². The highest BCUT2D eigenvalue weighted by molar-refractivity contribution is 7.89. The van der Waals surface area contributed by atoms with Crippen LogP contribution < -0.4 is 0 Å². The first kappa shape index (κ1) is 27.3. The molecule has 3 nitrogen and oxygen atoms in total. The second kappa shape index (κ2) is 16.0. The molecule has 20 heavy (non-hydrogen) atoms. The topological polar surface area (TPSA) is 37.4 Å². The lowest BCUT2D eigenvalue weighted by atomic mass is 10.3. The molecular formula is C16H35NO2S. The van der Waals surface area contributed by atoms with Crippen molar-refractivity contribution in [3.63, 3.8) is 0 Å². The van der Waals surface area contributed by atoms with Crippen LogP contribution in [0.1, 0.15) is 41.0 Å². The Labute approximate surface area is 128 Å². The van der Waals surface area contributed by atoms with Gasteiger partial charge in [-0.2, -0.15) is 0 Å². The molecule has 0 unspecified atom stereocenters. The highest BCUT2D eigenvalue weighted by atomic mass is 32.2. The smallest absolute Gasteiger partial charge is 0.144 e. The SMILES string of the molecule is C=C(C)C.C=C(C)CC.C=C(C)N(C)C.CS(C)(=O)=O. The molecule has 0 aliphatic carbocycles. The normalized spacial score (nSPS) is 8.45. The summed E-state index contributed by atoms with van der Waals surface area (Å²) in [4.78, 5) is 1.97. The van der Waals surface area contributed by atoms with E-state index >= 15 is 0 Å². The van der Waals surface area contributed by atoms with Crippen molar-refractivity contribution in [2.75, 3.05) is 26.6 Å². The lowest BCUT2D eigenvalue weighted by molar-refractivity contribution is 0.516. The van der Waals surface area contributed by atoms with Crippen LogP contribution in [0.3, 0.4) is 0 Å². The van der Waals surface area contributed by atoms with Gasteiger partial charge in [-0.05, 0) is 34.1 Å². The Bertz CT molecular complexity index is 354. The average molecular weight is 306 g/mol. The summed E-state index contributed by atoms with van der Waals surface area (Å²) < 4.78 is 19.3. The zero-order valence-electron chi connectivity index (χ0n) is 15.0. The molecule has 0 saturated heterocycles. The molecule has 0 aliphatic heterocycles. The number of hydrogen-bond acceptors (Lipinski definition) is 3. The van der Waals surface area contributed by atoms with Crippen LogP contribution in [0.2, 0.25) is 0 Å². The summed E-state index contributed by atoms with van der Waals surface area (Å²) in [5.74, 6) is 0. The highest BCUT2D eigenvalue weighted by Crippen LogP contribution is 1.88. The van der Waals surface area contributed by atoms with E-state index in [1.807, 2.05) is 46.7 Å². The van der Waals surface area contributed by atoms with E-state index in [9.17, 15) is 8.42 Å². The molecule has 0 spiro atoms. The fraction of sp³-hybridized carbons (Fsp3) is 0.625. The number of nitrogens with zero attached hydrogens (tertiary/aromatic N) is 1. The van der Waals surface area contributed by atoms with Crippen molar-refractivity contribution in [1.29, 1.82) is 0 Å². The van der Waals surface area contributed by atoms with Crippen molar-refractivity contribution < 1.29 is 8.42 Å². The predicted molar refractivity (Wildman–Crippen MR) is 94.9 cm³/mol. The largest absolute Gasteiger partial charge is 0.382 e. The van der Waals surface area contributed by atoms with E-state index in [1.54, 1.807) is 0 Å². The molecule has 0 atom stereocenters. The zero-order chi connectivity index (χ0) is 17.5. The lowest BCUT2D eigenvalue weighted by Gasteiger charge is -2.08. The minimum Gasteiger partial charge on any atom is -0.382 e. The van der Waals surface area contributed by atoms with E-state index in [0.717, 1.165) is 24.6 Å². The molecule has 4 heteroatoms. The van der Waals surface area contributed by atoms with Gasteiger partial charge in [0, 0.05) is 32.3 Å². The molecule has 0 aromatic carbocycles. The number of rotatable bonds is 2. The first-order chi connectivity index (χ1) is 8.64. The van der Waals surface area contributed by atoms with Gasteiger partial charge in [-0.1, -0.05) is 24.6 Å². The third kappa shape index (κ3) is 175. The molecule has 0 bridgehead atoms. The van der Waals surface area contributed by atoms with Crippen LogP contribution in [0.5, 0.6) is 0 Å². The first-order valence-electron chi connectivity index (χ1n) is 6.39. The highest BCUT2D eigenvalue weighted by Gasteiger charge is 1.79.